The van der Waals surface area contributed by atoms with E-state index in [4.69, 9.17) is 24.1 Å². The molecule has 0 saturated heterocycles. The number of rotatable bonds is 11. The average Bonchev–Trinajstić information content (AvgIpc) is 3.37. The molecule has 9 heteroatoms. The highest BCUT2D eigenvalue weighted by Gasteiger charge is 2.17. The molecule has 0 unspecified atom stereocenters. The van der Waals surface area contributed by atoms with Gasteiger partial charge in [-0.2, -0.15) is 0 Å². The number of thiophene rings is 1. The first-order chi connectivity index (χ1) is 18.4. The highest BCUT2D eigenvalue weighted by molar-refractivity contribution is 7.22. The van der Waals surface area contributed by atoms with E-state index in [1.807, 2.05) is 30.3 Å². The van der Waals surface area contributed by atoms with Crippen LogP contribution in [0, 0.1) is 0 Å². The molecule has 0 spiro atoms. The minimum absolute atomic E-state index is 0.172. The first kappa shape index (κ1) is 26.4. The van der Waals surface area contributed by atoms with Crippen LogP contribution < -0.4 is 18.9 Å². The van der Waals surface area contributed by atoms with Crippen LogP contribution in [0.5, 0.6) is 23.0 Å². The lowest BCUT2D eigenvalue weighted by Gasteiger charge is -2.14. The Morgan fingerprint density at radius 3 is 2.32 bits per heavy atom. The summed E-state index contributed by atoms with van der Waals surface area (Å²) in [5.41, 5.74) is 1.62. The van der Waals surface area contributed by atoms with E-state index in [0.717, 1.165) is 20.5 Å². The number of carbonyl (C=O) groups excluding carboxylic acids is 2. The Bertz CT molecular complexity index is 1520. The molecule has 0 aliphatic heterocycles. The average molecular weight is 533 g/mol. The predicted octanol–water partition coefficient (Wildman–Crippen LogP) is 5.77. The fourth-order valence-corrected chi connectivity index (χ4v) is 5.02. The first-order valence-electron chi connectivity index (χ1n) is 11.4. The fraction of sp³-hybridized carbons (Fsp3) is 0.138. The minimum atomic E-state index is -1.14. The zero-order valence-electron chi connectivity index (χ0n) is 20.8. The molecule has 4 rings (SSSR count). The van der Waals surface area contributed by atoms with Crippen molar-refractivity contribution in [2.45, 2.75) is 0 Å². The van der Waals surface area contributed by atoms with Crippen molar-refractivity contribution >= 4 is 45.5 Å². The Balaban J connectivity index is 1.78. The van der Waals surface area contributed by atoms with E-state index >= 15 is 0 Å². The van der Waals surface area contributed by atoms with Crippen LogP contribution in [0.3, 0.4) is 0 Å². The Kier molecular flexibility index (Phi) is 8.08. The maximum Gasteiger partial charge on any atom is 0.341 e. The number of methoxy groups -OCH3 is 3. The third-order valence-corrected chi connectivity index (χ3v) is 6.86. The number of hydrogen-bond donors (Lipinski definition) is 1. The van der Waals surface area contributed by atoms with Gasteiger partial charge in [0.2, 0.25) is 0 Å². The van der Waals surface area contributed by atoms with Gasteiger partial charge in [0.05, 0.1) is 26.9 Å². The van der Waals surface area contributed by atoms with E-state index in [9.17, 15) is 14.4 Å². The summed E-state index contributed by atoms with van der Waals surface area (Å²) in [6, 6.07) is 16.3. The van der Waals surface area contributed by atoms with Gasteiger partial charge in [0.1, 0.15) is 11.5 Å². The molecule has 0 radical (unpaired) electrons. The van der Waals surface area contributed by atoms with E-state index in [0.29, 0.717) is 17.6 Å². The van der Waals surface area contributed by atoms with Crippen molar-refractivity contribution in [2.24, 2.45) is 0 Å². The van der Waals surface area contributed by atoms with Crippen molar-refractivity contribution in [1.82, 2.24) is 0 Å². The molecule has 4 aromatic rings. The van der Waals surface area contributed by atoms with Crippen molar-refractivity contribution in [2.75, 3.05) is 27.9 Å². The molecule has 1 heterocycles. The minimum Gasteiger partial charge on any atom is -0.496 e. The van der Waals surface area contributed by atoms with Crippen molar-refractivity contribution in [3.8, 4) is 33.4 Å². The summed E-state index contributed by atoms with van der Waals surface area (Å²) >= 11 is 1.58. The molecule has 0 aliphatic rings. The molecule has 194 valence electrons. The van der Waals surface area contributed by atoms with E-state index in [1.165, 1.54) is 45.6 Å². The monoisotopic (exact) mass is 532 g/mol. The van der Waals surface area contributed by atoms with E-state index < -0.39 is 18.4 Å². The van der Waals surface area contributed by atoms with Gasteiger partial charge < -0.3 is 24.1 Å². The number of ether oxygens (including phenoxy) is 4. The summed E-state index contributed by atoms with van der Waals surface area (Å²) in [6.07, 6.45) is 3.44. The van der Waals surface area contributed by atoms with Crippen molar-refractivity contribution in [3.05, 3.63) is 77.4 Å². The van der Waals surface area contributed by atoms with E-state index in [1.54, 1.807) is 23.5 Å². The predicted molar refractivity (Wildman–Crippen MR) is 145 cm³/mol. The van der Waals surface area contributed by atoms with Gasteiger partial charge in [-0.3, -0.25) is 9.59 Å². The van der Waals surface area contributed by atoms with Gasteiger partial charge in [0.15, 0.2) is 30.2 Å². The summed E-state index contributed by atoms with van der Waals surface area (Å²) in [5.74, 6) is -0.339. The molecule has 0 saturated carbocycles. The zero-order chi connectivity index (χ0) is 27.2. The maximum atomic E-state index is 13.1. The number of allylic oxidation sites excluding steroid dienone is 1. The number of ketones is 1. The van der Waals surface area contributed by atoms with Crippen LogP contribution >= 0.6 is 11.3 Å². The van der Waals surface area contributed by atoms with Crippen LogP contribution in [0.2, 0.25) is 0 Å². The molecular formula is C29H24O8S. The standard InChI is InChI=1S/C29H24O8S/c1-34-24-14-23(37-16-28(32)33)17(11-21(24)27-13-18-6-4-5-7-26(18)38-27)8-9-22(31)19-10-20(15-30)29(36-3)25(12-19)35-2/h4-15H,16H2,1-3H3,(H,32,33)/b9-8+. The van der Waals surface area contributed by atoms with Crippen LogP contribution in [0.25, 0.3) is 26.6 Å². The first-order valence-corrected chi connectivity index (χ1v) is 12.2. The third-order valence-electron chi connectivity index (χ3n) is 5.71. The molecule has 0 aliphatic carbocycles. The topological polar surface area (TPSA) is 108 Å². The maximum absolute atomic E-state index is 13.1. The number of hydrogen-bond acceptors (Lipinski definition) is 8. The van der Waals surface area contributed by atoms with Gasteiger partial charge in [0.25, 0.3) is 0 Å². The second kappa shape index (κ2) is 11.6. The van der Waals surface area contributed by atoms with Gasteiger partial charge in [0, 0.05) is 32.3 Å². The smallest absolute Gasteiger partial charge is 0.341 e. The van der Waals surface area contributed by atoms with Gasteiger partial charge >= 0.3 is 5.97 Å². The number of fused-ring (bicyclic) bond motifs is 1. The zero-order valence-corrected chi connectivity index (χ0v) is 21.7. The van der Waals surface area contributed by atoms with Gasteiger partial charge in [-0.1, -0.05) is 18.2 Å². The third kappa shape index (κ3) is 5.52. The van der Waals surface area contributed by atoms with Crippen LogP contribution in [0.1, 0.15) is 26.3 Å². The molecule has 1 N–H and O–H groups in total. The number of aliphatic carboxylic acids is 1. The number of benzene rings is 3. The molecule has 0 bridgehead atoms. The lowest BCUT2D eigenvalue weighted by atomic mass is 10.0. The van der Waals surface area contributed by atoms with Crippen molar-refractivity contribution < 1.29 is 38.4 Å². The summed E-state index contributed by atoms with van der Waals surface area (Å²) in [4.78, 5) is 36.7. The lowest BCUT2D eigenvalue weighted by molar-refractivity contribution is -0.139. The second-order valence-electron chi connectivity index (χ2n) is 8.04. The summed E-state index contributed by atoms with van der Waals surface area (Å²) < 4.78 is 22.7. The van der Waals surface area contributed by atoms with Gasteiger partial charge in [-0.15, -0.1) is 11.3 Å². The summed E-state index contributed by atoms with van der Waals surface area (Å²) in [5, 5.41) is 10.2. The summed E-state index contributed by atoms with van der Waals surface area (Å²) in [6.45, 7) is -0.571. The Morgan fingerprint density at radius 1 is 0.895 bits per heavy atom. The van der Waals surface area contributed by atoms with Crippen molar-refractivity contribution in [3.63, 3.8) is 0 Å². The Labute approximate surface area is 222 Å². The fourth-order valence-electron chi connectivity index (χ4n) is 3.93. The number of carboxylic acids is 1. The van der Waals surface area contributed by atoms with Crippen LogP contribution in [0.4, 0.5) is 0 Å². The number of carbonyl (C=O) groups is 3. The molecule has 1 aromatic heterocycles. The normalized spacial score (nSPS) is 10.9. The molecule has 0 atom stereocenters. The van der Waals surface area contributed by atoms with Crippen LogP contribution in [-0.4, -0.2) is 51.1 Å². The number of carboxylic acid groups (broad SMARTS) is 1. The largest absolute Gasteiger partial charge is 0.496 e. The Morgan fingerprint density at radius 2 is 1.66 bits per heavy atom. The SMILES string of the molecule is COc1cc(OCC(=O)O)c(/C=C/C(=O)c2cc(C=O)c(OC)c(OC)c2)cc1-c1cc2ccccc2s1. The van der Waals surface area contributed by atoms with Crippen molar-refractivity contribution in [1.29, 1.82) is 0 Å². The molecular weight excluding hydrogens is 508 g/mol. The van der Waals surface area contributed by atoms with Crippen LogP contribution in [0.15, 0.2) is 60.7 Å². The van der Waals surface area contributed by atoms with Gasteiger partial charge in [-0.25, -0.2) is 4.79 Å². The Hall–Kier alpha value is -4.63. The molecule has 0 amide bonds. The molecule has 8 nitrogen and oxygen atoms in total. The quantitative estimate of drug-likeness (QED) is 0.147. The number of aldehydes is 1. The van der Waals surface area contributed by atoms with Gasteiger partial charge in [-0.05, 0) is 47.9 Å². The van der Waals surface area contributed by atoms with Crippen LogP contribution in [-0.2, 0) is 4.79 Å². The highest BCUT2D eigenvalue weighted by Crippen LogP contribution is 2.42. The van der Waals surface area contributed by atoms with E-state index in [2.05, 4.69) is 0 Å². The highest BCUT2D eigenvalue weighted by atomic mass is 32.1. The van der Waals surface area contributed by atoms with E-state index in [-0.39, 0.29) is 28.4 Å². The second-order valence-corrected chi connectivity index (χ2v) is 9.12. The lowest BCUT2D eigenvalue weighted by Crippen LogP contribution is -2.10. The molecule has 0 fully saturated rings. The molecule has 3 aromatic carbocycles. The summed E-state index contributed by atoms with van der Waals surface area (Å²) in [7, 11) is 4.34. The molecule has 38 heavy (non-hydrogen) atoms.